The van der Waals surface area contributed by atoms with E-state index < -0.39 is 0 Å². The number of rotatable bonds is 2. The maximum Gasteiger partial charge on any atom is 0.0731 e. The minimum atomic E-state index is -0.132. The van der Waals surface area contributed by atoms with E-state index >= 15 is 0 Å². The summed E-state index contributed by atoms with van der Waals surface area (Å²) in [5, 5.41) is 2.93. The van der Waals surface area contributed by atoms with Crippen LogP contribution in [0.5, 0.6) is 0 Å². The monoisotopic (exact) mass is 365 g/mol. The van der Waals surface area contributed by atoms with Gasteiger partial charge >= 0.3 is 0 Å². The Bertz CT molecular complexity index is 762. The van der Waals surface area contributed by atoms with Gasteiger partial charge in [-0.15, -0.1) is 11.3 Å². The lowest BCUT2D eigenvalue weighted by atomic mass is 9.98. The van der Waals surface area contributed by atoms with Crippen molar-refractivity contribution in [3.05, 3.63) is 67.3 Å². The largest absolute Gasteiger partial charge is 0.320 e. The van der Waals surface area contributed by atoms with Crippen molar-refractivity contribution >= 4 is 49.6 Å². The molecular formula is C16H13BrClNS. The van der Waals surface area contributed by atoms with Crippen molar-refractivity contribution in [3.8, 4) is 0 Å². The Labute approximate surface area is 135 Å². The molecule has 0 radical (unpaired) electrons. The second kappa shape index (κ2) is 5.49. The lowest BCUT2D eigenvalue weighted by molar-refractivity contribution is 0.903. The molecule has 0 saturated heterocycles. The van der Waals surface area contributed by atoms with Gasteiger partial charge in [0.1, 0.15) is 0 Å². The Kier molecular flexibility index (Phi) is 3.87. The summed E-state index contributed by atoms with van der Waals surface area (Å²) in [7, 11) is 0. The molecule has 1 heterocycles. The molecule has 0 amide bonds. The van der Waals surface area contributed by atoms with Crippen LogP contribution >= 0.6 is 38.9 Å². The number of aryl methyl sites for hydroxylation is 1. The van der Waals surface area contributed by atoms with E-state index in [1.54, 1.807) is 11.3 Å². The molecule has 2 N–H and O–H groups in total. The van der Waals surface area contributed by atoms with Gasteiger partial charge in [-0.2, -0.15) is 0 Å². The minimum absolute atomic E-state index is 0.132. The van der Waals surface area contributed by atoms with Gasteiger partial charge in [0.25, 0.3) is 0 Å². The number of benzene rings is 2. The summed E-state index contributed by atoms with van der Waals surface area (Å²) in [6, 6.07) is 14.1. The van der Waals surface area contributed by atoms with E-state index in [1.807, 2.05) is 30.3 Å². The number of halogens is 2. The van der Waals surface area contributed by atoms with Gasteiger partial charge in [0.15, 0.2) is 0 Å². The molecule has 3 aromatic rings. The highest BCUT2D eigenvalue weighted by Crippen LogP contribution is 2.36. The molecule has 0 fully saturated rings. The third-order valence-electron chi connectivity index (χ3n) is 3.42. The Balaban J connectivity index is 2.17. The third-order valence-corrected chi connectivity index (χ3v) is 5.97. The Morgan fingerprint density at radius 1 is 1.15 bits per heavy atom. The number of thiophene rings is 1. The van der Waals surface area contributed by atoms with Crippen LogP contribution in [0, 0.1) is 6.92 Å². The van der Waals surface area contributed by atoms with Gasteiger partial charge in [-0.25, -0.2) is 0 Å². The second-order valence-electron chi connectivity index (χ2n) is 4.77. The minimum Gasteiger partial charge on any atom is -0.320 e. The standard InChI is InChI=1S/C16H13BrClNS/c1-9-8-14(20-16(9)17)15(19)12-6-7-13(18)11-5-3-2-4-10(11)12/h2-8,15H,19H2,1H3. The van der Waals surface area contributed by atoms with Crippen molar-refractivity contribution in [2.75, 3.05) is 0 Å². The normalized spacial score (nSPS) is 12.8. The molecule has 0 aliphatic carbocycles. The zero-order valence-electron chi connectivity index (χ0n) is 10.9. The fourth-order valence-electron chi connectivity index (χ4n) is 2.35. The first kappa shape index (κ1) is 14.1. The second-order valence-corrected chi connectivity index (χ2v) is 7.57. The average molecular weight is 367 g/mol. The van der Waals surface area contributed by atoms with Crippen molar-refractivity contribution in [1.82, 2.24) is 0 Å². The van der Waals surface area contributed by atoms with E-state index in [9.17, 15) is 0 Å². The molecule has 3 rings (SSSR count). The Hall–Kier alpha value is -0.870. The smallest absolute Gasteiger partial charge is 0.0731 e. The summed E-state index contributed by atoms with van der Waals surface area (Å²) in [6.07, 6.45) is 0. The molecule has 1 unspecified atom stereocenters. The maximum absolute atomic E-state index is 6.46. The highest BCUT2D eigenvalue weighted by molar-refractivity contribution is 9.11. The molecule has 1 nitrogen and oxygen atoms in total. The van der Waals surface area contributed by atoms with Gasteiger partial charge in [0.05, 0.1) is 9.83 Å². The zero-order valence-corrected chi connectivity index (χ0v) is 14.0. The summed E-state index contributed by atoms with van der Waals surface area (Å²) in [4.78, 5) is 1.15. The summed E-state index contributed by atoms with van der Waals surface area (Å²) in [5.41, 5.74) is 8.79. The van der Waals surface area contributed by atoms with E-state index in [4.69, 9.17) is 17.3 Å². The van der Waals surface area contributed by atoms with Crippen LogP contribution < -0.4 is 5.73 Å². The van der Waals surface area contributed by atoms with Crippen LogP contribution in [-0.4, -0.2) is 0 Å². The molecule has 0 bridgehead atoms. The third kappa shape index (κ3) is 2.40. The first-order valence-electron chi connectivity index (χ1n) is 6.26. The van der Waals surface area contributed by atoms with Crippen molar-refractivity contribution in [1.29, 1.82) is 0 Å². The number of nitrogens with two attached hydrogens (primary N) is 1. The summed E-state index contributed by atoms with van der Waals surface area (Å²) < 4.78 is 1.14. The lowest BCUT2D eigenvalue weighted by Crippen LogP contribution is -2.10. The molecule has 2 aromatic carbocycles. The number of hydrogen-bond acceptors (Lipinski definition) is 2. The highest BCUT2D eigenvalue weighted by atomic mass is 79.9. The van der Waals surface area contributed by atoms with Crippen molar-refractivity contribution in [3.63, 3.8) is 0 Å². The fourth-order valence-corrected chi connectivity index (χ4v) is 4.17. The molecule has 4 heteroatoms. The van der Waals surface area contributed by atoms with E-state index in [1.165, 1.54) is 5.56 Å². The number of hydrogen-bond donors (Lipinski definition) is 1. The van der Waals surface area contributed by atoms with Crippen LogP contribution in [0.3, 0.4) is 0 Å². The van der Waals surface area contributed by atoms with Crippen LogP contribution in [0.2, 0.25) is 5.02 Å². The predicted molar refractivity (Wildman–Crippen MR) is 91.7 cm³/mol. The molecule has 0 spiro atoms. The van der Waals surface area contributed by atoms with Crippen LogP contribution in [0.25, 0.3) is 10.8 Å². The van der Waals surface area contributed by atoms with Crippen LogP contribution in [0.15, 0.2) is 46.3 Å². The van der Waals surface area contributed by atoms with Crippen molar-refractivity contribution in [2.45, 2.75) is 13.0 Å². The van der Waals surface area contributed by atoms with E-state index in [0.717, 1.165) is 30.0 Å². The molecular weight excluding hydrogens is 354 g/mol. The Morgan fingerprint density at radius 2 is 1.85 bits per heavy atom. The average Bonchev–Trinajstić information content (AvgIpc) is 2.79. The lowest BCUT2D eigenvalue weighted by Gasteiger charge is -2.14. The fraction of sp³-hybridized carbons (Fsp3) is 0.125. The van der Waals surface area contributed by atoms with Crippen LogP contribution in [0.4, 0.5) is 0 Å². The van der Waals surface area contributed by atoms with E-state index in [-0.39, 0.29) is 6.04 Å². The van der Waals surface area contributed by atoms with Crippen molar-refractivity contribution in [2.24, 2.45) is 5.73 Å². The van der Waals surface area contributed by atoms with E-state index in [2.05, 4.69) is 35.0 Å². The highest BCUT2D eigenvalue weighted by Gasteiger charge is 2.16. The van der Waals surface area contributed by atoms with Gasteiger partial charge < -0.3 is 5.73 Å². The van der Waals surface area contributed by atoms with Crippen LogP contribution in [-0.2, 0) is 0 Å². The quantitative estimate of drug-likeness (QED) is 0.621. The van der Waals surface area contributed by atoms with E-state index in [0.29, 0.717) is 0 Å². The Morgan fingerprint density at radius 3 is 2.50 bits per heavy atom. The topological polar surface area (TPSA) is 26.0 Å². The molecule has 0 aliphatic rings. The first-order chi connectivity index (χ1) is 9.58. The van der Waals surface area contributed by atoms with Gasteiger partial charge in [0, 0.05) is 15.3 Å². The molecule has 20 heavy (non-hydrogen) atoms. The zero-order chi connectivity index (χ0) is 14.3. The summed E-state index contributed by atoms with van der Waals surface area (Å²) in [5.74, 6) is 0. The maximum atomic E-state index is 6.46. The summed E-state index contributed by atoms with van der Waals surface area (Å²) in [6.45, 7) is 2.08. The number of fused-ring (bicyclic) bond motifs is 1. The molecule has 1 aromatic heterocycles. The van der Waals surface area contributed by atoms with Gasteiger partial charge in [-0.3, -0.25) is 0 Å². The van der Waals surface area contributed by atoms with Gasteiger partial charge in [0.2, 0.25) is 0 Å². The first-order valence-corrected chi connectivity index (χ1v) is 8.25. The summed E-state index contributed by atoms with van der Waals surface area (Å²) >= 11 is 11.5. The van der Waals surface area contributed by atoms with Crippen molar-refractivity contribution < 1.29 is 0 Å². The predicted octanol–water partition coefficient (Wildman–Crippen LogP) is 5.67. The molecule has 0 aliphatic heterocycles. The van der Waals surface area contributed by atoms with Crippen LogP contribution in [0.1, 0.15) is 22.0 Å². The van der Waals surface area contributed by atoms with Gasteiger partial charge in [-0.1, -0.05) is 41.9 Å². The SMILES string of the molecule is Cc1cc(C(N)c2ccc(Cl)c3ccccc23)sc1Br. The molecule has 1 atom stereocenters. The van der Waals surface area contributed by atoms with Gasteiger partial charge in [-0.05, 0) is 51.5 Å². The molecule has 102 valence electrons. The molecule has 0 saturated carbocycles.